The number of benzene rings is 1. The van der Waals surface area contributed by atoms with Crippen molar-refractivity contribution in [2.24, 2.45) is 5.92 Å². The Morgan fingerprint density at radius 3 is 2.71 bits per heavy atom. The third-order valence-corrected chi connectivity index (χ3v) is 4.94. The van der Waals surface area contributed by atoms with Crippen molar-refractivity contribution in [2.45, 2.75) is 25.6 Å². The Balaban J connectivity index is 1.81. The van der Waals surface area contributed by atoms with Gasteiger partial charge in [-0.25, -0.2) is 0 Å². The minimum atomic E-state index is -4.41. The molecule has 2 aliphatic rings. The van der Waals surface area contributed by atoms with Crippen LogP contribution in [-0.4, -0.2) is 17.7 Å². The van der Waals surface area contributed by atoms with Crippen LogP contribution in [0.3, 0.4) is 0 Å². The van der Waals surface area contributed by atoms with Gasteiger partial charge in [-0.3, -0.25) is 9.36 Å². The molecule has 1 atom stereocenters. The second-order valence-corrected chi connectivity index (χ2v) is 6.55. The predicted octanol–water partition coefficient (Wildman–Crippen LogP) is 3.76. The summed E-state index contributed by atoms with van der Waals surface area (Å²) in [6.07, 6.45) is -2.20. The van der Waals surface area contributed by atoms with Crippen LogP contribution in [0.5, 0.6) is 0 Å². The molecule has 6 heteroatoms. The molecule has 3 nitrogen and oxygen atoms in total. The lowest BCUT2D eigenvalue weighted by atomic mass is 9.95. The molecule has 4 rings (SSSR count). The molecule has 0 aliphatic carbocycles. The van der Waals surface area contributed by atoms with E-state index in [4.69, 9.17) is 0 Å². The van der Waals surface area contributed by atoms with Gasteiger partial charge in [0.25, 0.3) is 5.56 Å². The van der Waals surface area contributed by atoms with Gasteiger partial charge in [0.15, 0.2) is 0 Å². The van der Waals surface area contributed by atoms with Gasteiger partial charge >= 0.3 is 6.18 Å². The van der Waals surface area contributed by atoms with Gasteiger partial charge < -0.3 is 4.90 Å². The predicted molar refractivity (Wildman–Crippen MR) is 86.1 cm³/mol. The molecule has 0 saturated carbocycles. The second-order valence-electron chi connectivity index (χ2n) is 6.55. The van der Waals surface area contributed by atoms with Crippen LogP contribution in [0.1, 0.15) is 18.4 Å². The van der Waals surface area contributed by atoms with Crippen LogP contribution in [0.2, 0.25) is 0 Å². The molecule has 2 bridgehead atoms. The SMILES string of the molecule is O=c1c(-c2cccc(C(F)(F)F)c2)ccc2n1CC1CCCN2C1. The first-order valence-corrected chi connectivity index (χ1v) is 8.10. The first-order valence-electron chi connectivity index (χ1n) is 8.10. The summed E-state index contributed by atoms with van der Waals surface area (Å²) in [6.45, 7) is 2.54. The Hall–Kier alpha value is -2.24. The number of alkyl halides is 3. The number of nitrogens with zero attached hydrogens (tertiary/aromatic N) is 2. The highest BCUT2D eigenvalue weighted by Gasteiger charge is 2.31. The van der Waals surface area contributed by atoms with Crippen LogP contribution in [0.4, 0.5) is 19.0 Å². The minimum absolute atomic E-state index is 0.205. The molecule has 1 fully saturated rings. The van der Waals surface area contributed by atoms with E-state index < -0.39 is 11.7 Å². The lowest BCUT2D eigenvalue weighted by Gasteiger charge is -2.41. The number of halogens is 3. The maximum absolute atomic E-state index is 12.9. The molecule has 3 heterocycles. The third-order valence-electron chi connectivity index (χ3n) is 4.94. The van der Waals surface area contributed by atoms with Gasteiger partial charge in [0.2, 0.25) is 0 Å². The van der Waals surface area contributed by atoms with E-state index in [9.17, 15) is 18.0 Å². The first kappa shape index (κ1) is 15.3. The van der Waals surface area contributed by atoms with Crippen molar-refractivity contribution in [1.82, 2.24) is 4.57 Å². The molecule has 2 aliphatic heterocycles. The van der Waals surface area contributed by atoms with Gasteiger partial charge in [0.1, 0.15) is 5.82 Å². The van der Waals surface area contributed by atoms with Crippen molar-refractivity contribution in [2.75, 3.05) is 18.0 Å². The van der Waals surface area contributed by atoms with Crippen molar-refractivity contribution in [1.29, 1.82) is 0 Å². The Morgan fingerprint density at radius 1 is 1.08 bits per heavy atom. The smallest absolute Gasteiger partial charge is 0.358 e. The van der Waals surface area contributed by atoms with Crippen molar-refractivity contribution in [3.05, 3.63) is 52.3 Å². The number of piperidine rings is 1. The molecular formula is C18H17F3N2O. The Bertz CT molecular complexity index is 841. The molecule has 1 aromatic carbocycles. The Labute approximate surface area is 137 Å². The largest absolute Gasteiger partial charge is 0.416 e. The number of pyridine rings is 1. The normalized spacial score (nSPS) is 20.0. The maximum atomic E-state index is 12.9. The highest BCUT2D eigenvalue weighted by Crippen LogP contribution is 2.33. The van der Waals surface area contributed by atoms with E-state index in [2.05, 4.69) is 4.90 Å². The molecule has 0 spiro atoms. The summed E-state index contributed by atoms with van der Waals surface area (Å²) < 4.78 is 40.5. The van der Waals surface area contributed by atoms with Crippen LogP contribution < -0.4 is 10.5 Å². The molecule has 1 aromatic heterocycles. The number of hydrogen-bond acceptors (Lipinski definition) is 2. The van der Waals surface area contributed by atoms with Gasteiger partial charge in [0.05, 0.1) is 5.56 Å². The Kier molecular flexibility index (Phi) is 3.44. The zero-order valence-electron chi connectivity index (χ0n) is 13.0. The molecule has 24 heavy (non-hydrogen) atoms. The fourth-order valence-corrected chi connectivity index (χ4v) is 3.78. The van der Waals surface area contributed by atoms with Gasteiger partial charge in [0, 0.05) is 25.2 Å². The average molecular weight is 334 g/mol. The van der Waals surface area contributed by atoms with Crippen LogP contribution in [0.25, 0.3) is 11.1 Å². The van der Waals surface area contributed by atoms with E-state index in [0.717, 1.165) is 43.9 Å². The highest BCUT2D eigenvalue weighted by atomic mass is 19.4. The maximum Gasteiger partial charge on any atom is 0.416 e. The van der Waals surface area contributed by atoms with Gasteiger partial charge in [-0.05, 0) is 48.6 Å². The summed E-state index contributed by atoms with van der Waals surface area (Å²) in [5.74, 6) is 1.33. The highest BCUT2D eigenvalue weighted by molar-refractivity contribution is 5.65. The molecule has 2 aromatic rings. The number of rotatable bonds is 1. The monoisotopic (exact) mass is 334 g/mol. The third kappa shape index (κ3) is 2.50. The van der Waals surface area contributed by atoms with Crippen molar-refractivity contribution < 1.29 is 13.2 Å². The quantitative estimate of drug-likeness (QED) is 0.793. The van der Waals surface area contributed by atoms with E-state index in [1.165, 1.54) is 6.07 Å². The van der Waals surface area contributed by atoms with Crippen molar-refractivity contribution in [3.63, 3.8) is 0 Å². The van der Waals surface area contributed by atoms with Gasteiger partial charge in [-0.2, -0.15) is 13.2 Å². The lowest BCUT2D eigenvalue weighted by molar-refractivity contribution is -0.137. The molecule has 0 radical (unpaired) electrons. The Morgan fingerprint density at radius 2 is 1.92 bits per heavy atom. The van der Waals surface area contributed by atoms with Crippen LogP contribution in [-0.2, 0) is 12.7 Å². The summed E-state index contributed by atoms with van der Waals surface area (Å²) in [7, 11) is 0. The summed E-state index contributed by atoms with van der Waals surface area (Å²) in [5.41, 5.74) is -0.298. The molecule has 1 unspecified atom stereocenters. The fraction of sp³-hybridized carbons (Fsp3) is 0.389. The number of fused-ring (bicyclic) bond motifs is 4. The molecular weight excluding hydrogens is 317 g/mol. The van der Waals surface area contributed by atoms with Crippen LogP contribution >= 0.6 is 0 Å². The summed E-state index contributed by atoms with van der Waals surface area (Å²) >= 11 is 0. The van der Waals surface area contributed by atoms with Gasteiger partial charge in [-0.1, -0.05) is 12.1 Å². The number of aromatic nitrogens is 1. The molecule has 126 valence electrons. The van der Waals surface area contributed by atoms with Gasteiger partial charge in [-0.15, -0.1) is 0 Å². The van der Waals surface area contributed by atoms with Crippen LogP contribution in [0, 0.1) is 5.92 Å². The minimum Gasteiger partial charge on any atom is -0.358 e. The summed E-state index contributed by atoms with van der Waals surface area (Å²) in [6, 6.07) is 8.49. The van der Waals surface area contributed by atoms with E-state index in [0.29, 0.717) is 23.6 Å². The molecule has 0 amide bonds. The number of anilines is 1. The number of hydrogen-bond donors (Lipinski definition) is 0. The van der Waals surface area contributed by atoms with E-state index in [-0.39, 0.29) is 5.56 Å². The average Bonchev–Trinajstić information content (AvgIpc) is 2.56. The summed E-state index contributed by atoms with van der Waals surface area (Å²) in [5, 5.41) is 0. The molecule has 0 N–H and O–H groups in total. The standard InChI is InChI=1S/C18H17F3N2O/c19-18(20,21)14-5-1-4-13(9-14)15-6-7-16-22-8-2-3-12(10-22)11-23(16)17(15)24/h1,4-7,9,12H,2-3,8,10-11H2. The summed E-state index contributed by atoms with van der Waals surface area (Å²) in [4.78, 5) is 15.1. The first-order chi connectivity index (χ1) is 11.4. The second kappa shape index (κ2) is 5.40. The van der Waals surface area contributed by atoms with Crippen molar-refractivity contribution >= 4 is 5.82 Å². The zero-order chi connectivity index (χ0) is 16.9. The van der Waals surface area contributed by atoms with Crippen LogP contribution in [0.15, 0.2) is 41.2 Å². The van der Waals surface area contributed by atoms with Crippen molar-refractivity contribution in [3.8, 4) is 11.1 Å². The van der Waals surface area contributed by atoms with E-state index in [1.807, 2.05) is 6.07 Å². The topological polar surface area (TPSA) is 25.2 Å². The fourth-order valence-electron chi connectivity index (χ4n) is 3.78. The van der Waals surface area contributed by atoms with E-state index in [1.54, 1.807) is 16.7 Å². The van der Waals surface area contributed by atoms with E-state index >= 15 is 0 Å². The molecule has 1 saturated heterocycles. The zero-order valence-corrected chi connectivity index (χ0v) is 13.0. The lowest BCUT2D eigenvalue weighted by Crippen LogP contribution is -2.46.